The van der Waals surface area contributed by atoms with Crippen LogP contribution in [0.25, 0.3) is 0 Å². The van der Waals surface area contributed by atoms with Crippen LogP contribution in [0.15, 0.2) is 49.1 Å². The van der Waals surface area contributed by atoms with Gasteiger partial charge in [-0.25, -0.2) is 0 Å². The Morgan fingerprint density at radius 3 is 1.35 bits per heavy atom. The fourth-order valence-corrected chi connectivity index (χ4v) is 5.13. The number of amides is 5. The molecule has 4 aromatic heterocycles. The standard InChI is InChI=1S/C32H40N10O6.ClH/c1-38(2)9-7-8-33-28(43)23-10-19(14-39(23)3)34-29(44)24-11-20(15-40(24)4)35-30(45)25-12-21(16-41(25)5)36-31(46)26-13-22(17-42(26)6)37-32(47)27-18-48-27;/h10-17,27H,7-9,18H2,1-6H3,(H,33,43)(H,34,44)(H,35,45)(H,36,46)(H,37,47);1H. The monoisotopic (exact) mass is 696 g/mol. The highest BCUT2D eigenvalue weighted by Crippen LogP contribution is 2.21. The lowest BCUT2D eigenvalue weighted by atomic mass is 10.3. The van der Waals surface area contributed by atoms with Gasteiger partial charge in [0, 0.05) is 59.5 Å². The van der Waals surface area contributed by atoms with Crippen LogP contribution in [-0.2, 0) is 37.7 Å². The summed E-state index contributed by atoms with van der Waals surface area (Å²) >= 11 is 0. The van der Waals surface area contributed by atoms with Crippen molar-refractivity contribution >= 4 is 64.7 Å². The van der Waals surface area contributed by atoms with Gasteiger partial charge in [0.25, 0.3) is 29.5 Å². The fraction of sp³-hybridized carbons (Fsp3) is 0.344. The number of nitrogens with zero attached hydrogens (tertiary/aromatic N) is 5. The van der Waals surface area contributed by atoms with Gasteiger partial charge in [0.1, 0.15) is 22.8 Å². The summed E-state index contributed by atoms with van der Waals surface area (Å²) < 4.78 is 11.4. The maximum atomic E-state index is 13.2. The Hall–Kier alpha value is -5.32. The Morgan fingerprint density at radius 1 is 0.653 bits per heavy atom. The van der Waals surface area contributed by atoms with Crippen molar-refractivity contribution in [2.24, 2.45) is 28.2 Å². The summed E-state index contributed by atoms with van der Waals surface area (Å²) in [5.74, 6) is -1.80. The second-order valence-electron chi connectivity index (χ2n) is 12.0. The maximum absolute atomic E-state index is 13.2. The Balaban J connectivity index is 0.00000541. The molecule has 5 N–H and O–H groups in total. The molecule has 0 spiro atoms. The first kappa shape index (κ1) is 36.5. The molecule has 17 heteroatoms. The Bertz CT molecular complexity index is 1880. The molecule has 1 unspecified atom stereocenters. The summed E-state index contributed by atoms with van der Waals surface area (Å²) in [7, 11) is 10.7. The molecule has 262 valence electrons. The van der Waals surface area contributed by atoms with Crippen LogP contribution in [0, 0.1) is 0 Å². The minimum Gasteiger partial charge on any atom is -0.363 e. The largest absolute Gasteiger partial charge is 0.363 e. The normalized spacial score (nSPS) is 13.4. The number of nitrogens with one attached hydrogen (secondary N) is 5. The smallest absolute Gasteiger partial charge is 0.272 e. The molecule has 0 saturated carbocycles. The third-order valence-corrected chi connectivity index (χ3v) is 7.68. The molecule has 5 amide bonds. The van der Waals surface area contributed by atoms with Crippen LogP contribution in [0.5, 0.6) is 0 Å². The summed E-state index contributed by atoms with van der Waals surface area (Å²) in [6.07, 6.45) is 6.85. The van der Waals surface area contributed by atoms with Crippen LogP contribution in [0.3, 0.4) is 0 Å². The van der Waals surface area contributed by atoms with Gasteiger partial charge in [0.05, 0.1) is 29.4 Å². The molecule has 1 atom stereocenters. The Kier molecular flexibility index (Phi) is 11.4. The lowest BCUT2D eigenvalue weighted by Gasteiger charge is -2.10. The number of hydrogen-bond acceptors (Lipinski definition) is 7. The summed E-state index contributed by atoms with van der Waals surface area (Å²) in [4.78, 5) is 65.9. The van der Waals surface area contributed by atoms with Crippen LogP contribution < -0.4 is 26.6 Å². The number of epoxide rings is 1. The summed E-state index contributed by atoms with van der Waals surface area (Å²) in [5, 5.41) is 14.0. The van der Waals surface area contributed by atoms with E-state index in [9.17, 15) is 24.0 Å². The highest BCUT2D eigenvalue weighted by Gasteiger charge is 2.31. The minimum atomic E-state index is -0.456. The molecule has 0 radical (unpaired) electrons. The number of rotatable bonds is 13. The van der Waals surface area contributed by atoms with E-state index in [0.717, 1.165) is 13.0 Å². The summed E-state index contributed by atoms with van der Waals surface area (Å²) in [6.45, 7) is 1.77. The highest BCUT2D eigenvalue weighted by atomic mass is 35.5. The van der Waals surface area contributed by atoms with E-state index in [1.165, 1.54) is 6.07 Å². The molecular formula is C32H41ClN10O6. The van der Waals surface area contributed by atoms with E-state index in [1.54, 1.807) is 89.4 Å². The molecule has 0 aromatic carbocycles. The van der Waals surface area contributed by atoms with E-state index < -0.39 is 23.8 Å². The van der Waals surface area contributed by atoms with Crippen LogP contribution in [0.1, 0.15) is 48.4 Å². The van der Waals surface area contributed by atoms with Crippen molar-refractivity contribution in [3.8, 4) is 0 Å². The molecule has 1 fully saturated rings. The second-order valence-corrected chi connectivity index (χ2v) is 12.0. The molecule has 16 nitrogen and oxygen atoms in total. The average Bonchev–Trinajstić information content (AvgIpc) is 3.38. The quantitative estimate of drug-likeness (QED) is 0.105. The number of carbonyl (C=O) groups excluding carboxylic acids is 5. The first-order valence-corrected chi connectivity index (χ1v) is 15.2. The van der Waals surface area contributed by atoms with Crippen molar-refractivity contribution in [1.29, 1.82) is 0 Å². The molecule has 1 saturated heterocycles. The molecule has 4 aromatic rings. The fourth-order valence-electron chi connectivity index (χ4n) is 5.13. The van der Waals surface area contributed by atoms with Crippen LogP contribution in [-0.4, -0.2) is 92.6 Å². The molecule has 5 heterocycles. The van der Waals surface area contributed by atoms with E-state index in [2.05, 4.69) is 26.6 Å². The van der Waals surface area contributed by atoms with Crippen molar-refractivity contribution < 1.29 is 28.7 Å². The molecule has 49 heavy (non-hydrogen) atoms. The first-order valence-electron chi connectivity index (χ1n) is 15.2. The average molecular weight is 697 g/mol. The summed E-state index contributed by atoms with van der Waals surface area (Å²) in [6, 6.07) is 6.24. The Labute approximate surface area is 289 Å². The maximum Gasteiger partial charge on any atom is 0.272 e. The number of ether oxygens (including phenoxy) is 1. The number of aryl methyl sites for hydroxylation is 4. The van der Waals surface area contributed by atoms with E-state index in [4.69, 9.17) is 4.74 Å². The van der Waals surface area contributed by atoms with E-state index >= 15 is 0 Å². The van der Waals surface area contributed by atoms with Gasteiger partial charge >= 0.3 is 0 Å². The van der Waals surface area contributed by atoms with Crippen LogP contribution in [0.2, 0.25) is 0 Å². The summed E-state index contributed by atoms with van der Waals surface area (Å²) in [5.41, 5.74) is 2.97. The number of halogens is 1. The van der Waals surface area contributed by atoms with E-state index in [0.29, 0.717) is 47.3 Å². The first-order chi connectivity index (χ1) is 22.8. The van der Waals surface area contributed by atoms with Gasteiger partial charge in [-0.15, -0.1) is 12.4 Å². The third-order valence-electron chi connectivity index (χ3n) is 7.68. The van der Waals surface area contributed by atoms with Crippen LogP contribution in [0.4, 0.5) is 22.7 Å². The number of aromatic nitrogens is 4. The molecule has 1 aliphatic heterocycles. The minimum absolute atomic E-state index is 0. The van der Waals surface area contributed by atoms with Gasteiger partial charge in [-0.05, 0) is 51.3 Å². The van der Waals surface area contributed by atoms with Crippen molar-refractivity contribution in [2.45, 2.75) is 12.5 Å². The number of anilines is 4. The molecular weight excluding hydrogens is 656 g/mol. The zero-order valence-corrected chi connectivity index (χ0v) is 28.9. The van der Waals surface area contributed by atoms with E-state index in [-0.39, 0.29) is 35.6 Å². The topological polar surface area (TPSA) is 181 Å². The molecule has 0 bridgehead atoms. The number of hydrogen-bond donors (Lipinski definition) is 5. The lowest BCUT2D eigenvalue weighted by Crippen LogP contribution is -2.28. The van der Waals surface area contributed by atoms with Crippen molar-refractivity contribution in [3.63, 3.8) is 0 Å². The zero-order chi connectivity index (χ0) is 34.7. The predicted octanol–water partition coefficient (Wildman–Crippen LogP) is 2.24. The predicted molar refractivity (Wildman–Crippen MR) is 187 cm³/mol. The van der Waals surface area contributed by atoms with E-state index in [1.807, 2.05) is 19.0 Å². The molecule has 1 aliphatic rings. The Morgan fingerprint density at radius 2 is 1.00 bits per heavy atom. The highest BCUT2D eigenvalue weighted by molar-refractivity contribution is 6.09. The van der Waals surface area contributed by atoms with Gasteiger partial charge in [0.15, 0.2) is 6.10 Å². The van der Waals surface area contributed by atoms with Crippen LogP contribution >= 0.6 is 12.4 Å². The van der Waals surface area contributed by atoms with Gasteiger partial charge in [0.2, 0.25) is 0 Å². The van der Waals surface area contributed by atoms with Crippen molar-refractivity contribution in [2.75, 3.05) is 55.1 Å². The van der Waals surface area contributed by atoms with Gasteiger partial charge in [-0.1, -0.05) is 0 Å². The molecule has 0 aliphatic carbocycles. The van der Waals surface area contributed by atoms with Crippen molar-refractivity contribution in [3.05, 3.63) is 71.8 Å². The third kappa shape index (κ3) is 8.98. The SMILES string of the molecule is CN(C)CCCNC(=O)c1cc(NC(=O)c2cc(NC(=O)c3cc(NC(=O)c4cc(NC(=O)C5CO5)cn4C)cn3C)cn2C)cn1C.Cl. The molecule has 5 rings (SSSR count). The van der Waals surface area contributed by atoms with Gasteiger partial charge in [-0.3, -0.25) is 24.0 Å². The lowest BCUT2D eigenvalue weighted by molar-refractivity contribution is -0.117. The van der Waals surface area contributed by atoms with Gasteiger partial charge < -0.3 is 54.5 Å². The number of carbonyl (C=O) groups is 5. The van der Waals surface area contributed by atoms with Gasteiger partial charge in [-0.2, -0.15) is 0 Å². The zero-order valence-electron chi connectivity index (χ0n) is 28.1. The second kappa shape index (κ2) is 15.3. The van der Waals surface area contributed by atoms with Crippen molar-refractivity contribution in [1.82, 2.24) is 28.5 Å².